The molecule has 1 saturated carbocycles. The van der Waals surface area contributed by atoms with Crippen molar-refractivity contribution >= 4 is 11.1 Å². The van der Waals surface area contributed by atoms with Crippen molar-refractivity contribution in [1.29, 1.82) is 0 Å². The van der Waals surface area contributed by atoms with Crippen molar-refractivity contribution in [3.63, 3.8) is 0 Å². The summed E-state index contributed by atoms with van der Waals surface area (Å²) in [5, 5.41) is 14.0. The van der Waals surface area contributed by atoms with Gasteiger partial charge in [-0.05, 0) is 31.4 Å². The van der Waals surface area contributed by atoms with E-state index in [9.17, 15) is 5.11 Å². The standard InChI is InChI=1S/C11H12N2O2/c1-6-10-8(5-14)4-9(7-2-3-7)12-11(10)15-13-6/h4,7,14H,2-3,5H2,1H3. The molecule has 4 heteroatoms. The number of pyridine rings is 1. The van der Waals surface area contributed by atoms with E-state index in [2.05, 4.69) is 10.1 Å². The zero-order chi connectivity index (χ0) is 10.4. The highest BCUT2D eigenvalue weighted by Gasteiger charge is 2.27. The minimum Gasteiger partial charge on any atom is -0.392 e. The number of hydrogen-bond acceptors (Lipinski definition) is 4. The summed E-state index contributed by atoms with van der Waals surface area (Å²) in [5.41, 5.74) is 3.26. The van der Waals surface area contributed by atoms with Gasteiger partial charge in [0.15, 0.2) is 0 Å². The third-order valence-corrected chi connectivity index (χ3v) is 2.88. The molecular formula is C11H12N2O2. The lowest BCUT2D eigenvalue weighted by Gasteiger charge is -2.02. The van der Waals surface area contributed by atoms with E-state index < -0.39 is 0 Å². The SMILES string of the molecule is Cc1noc2nc(C3CC3)cc(CO)c12. The molecular weight excluding hydrogens is 192 g/mol. The van der Waals surface area contributed by atoms with Gasteiger partial charge >= 0.3 is 0 Å². The molecule has 4 nitrogen and oxygen atoms in total. The molecule has 0 spiro atoms. The Morgan fingerprint density at radius 1 is 1.53 bits per heavy atom. The van der Waals surface area contributed by atoms with Crippen LogP contribution in [0, 0.1) is 6.92 Å². The minimum atomic E-state index is 0.0147. The van der Waals surface area contributed by atoms with Crippen LogP contribution in [0.5, 0.6) is 0 Å². The average molecular weight is 204 g/mol. The second-order valence-corrected chi connectivity index (χ2v) is 4.09. The summed E-state index contributed by atoms with van der Waals surface area (Å²) < 4.78 is 5.14. The zero-order valence-electron chi connectivity index (χ0n) is 8.53. The summed E-state index contributed by atoms with van der Waals surface area (Å²) in [6, 6.07) is 1.98. The Kier molecular flexibility index (Phi) is 1.79. The molecule has 0 saturated heterocycles. The molecule has 1 fully saturated rings. The van der Waals surface area contributed by atoms with Crippen molar-refractivity contribution in [2.45, 2.75) is 32.3 Å². The largest absolute Gasteiger partial charge is 0.392 e. The van der Waals surface area contributed by atoms with Gasteiger partial charge in [0.1, 0.15) is 0 Å². The molecule has 1 aliphatic carbocycles. The van der Waals surface area contributed by atoms with Crippen LogP contribution in [-0.2, 0) is 6.61 Å². The number of hydrogen-bond donors (Lipinski definition) is 1. The van der Waals surface area contributed by atoms with Crippen LogP contribution in [0.4, 0.5) is 0 Å². The molecule has 1 N–H and O–H groups in total. The maximum Gasteiger partial charge on any atom is 0.258 e. The molecule has 15 heavy (non-hydrogen) atoms. The highest BCUT2D eigenvalue weighted by Crippen LogP contribution is 2.40. The molecule has 0 aromatic carbocycles. The molecule has 2 aromatic heterocycles. The molecule has 0 unspecified atom stereocenters. The number of aryl methyl sites for hydroxylation is 1. The summed E-state index contributed by atoms with van der Waals surface area (Å²) in [5.74, 6) is 0.560. The van der Waals surface area contributed by atoms with Crippen molar-refractivity contribution < 1.29 is 9.63 Å². The van der Waals surface area contributed by atoms with E-state index in [1.54, 1.807) is 0 Å². The molecule has 0 atom stereocenters. The van der Waals surface area contributed by atoms with Gasteiger partial charge in [-0.15, -0.1) is 0 Å². The number of nitrogens with zero attached hydrogens (tertiary/aromatic N) is 2. The van der Waals surface area contributed by atoms with Crippen molar-refractivity contribution in [2.24, 2.45) is 0 Å². The maximum atomic E-state index is 9.31. The Labute approximate surface area is 86.9 Å². The molecule has 2 heterocycles. The number of rotatable bonds is 2. The van der Waals surface area contributed by atoms with E-state index in [1.165, 1.54) is 12.8 Å². The molecule has 3 rings (SSSR count). The first-order chi connectivity index (χ1) is 7.29. The van der Waals surface area contributed by atoms with E-state index in [-0.39, 0.29) is 6.61 Å². The van der Waals surface area contributed by atoms with E-state index in [4.69, 9.17) is 4.52 Å². The molecule has 0 amide bonds. The second kappa shape index (κ2) is 3.03. The van der Waals surface area contributed by atoms with E-state index in [0.717, 1.165) is 22.3 Å². The fourth-order valence-electron chi connectivity index (χ4n) is 1.92. The predicted octanol–water partition coefficient (Wildman–Crippen LogP) is 1.90. The lowest BCUT2D eigenvalue weighted by molar-refractivity contribution is 0.283. The van der Waals surface area contributed by atoms with Gasteiger partial charge in [-0.3, -0.25) is 0 Å². The number of aliphatic hydroxyl groups excluding tert-OH is 1. The first-order valence-electron chi connectivity index (χ1n) is 5.16. The number of fused-ring (bicyclic) bond motifs is 1. The fourth-order valence-corrected chi connectivity index (χ4v) is 1.92. The molecule has 0 aliphatic heterocycles. The van der Waals surface area contributed by atoms with Crippen molar-refractivity contribution in [2.75, 3.05) is 0 Å². The number of aliphatic hydroxyl groups is 1. The molecule has 2 aromatic rings. The first-order valence-corrected chi connectivity index (χ1v) is 5.16. The van der Waals surface area contributed by atoms with Crippen molar-refractivity contribution in [3.05, 3.63) is 23.0 Å². The molecule has 0 radical (unpaired) electrons. The Morgan fingerprint density at radius 2 is 2.33 bits per heavy atom. The lowest BCUT2D eigenvalue weighted by atomic mass is 10.1. The van der Waals surface area contributed by atoms with Crippen LogP contribution in [0.3, 0.4) is 0 Å². The van der Waals surface area contributed by atoms with Crippen LogP contribution >= 0.6 is 0 Å². The van der Waals surface area contributed by atoms with Gasteiger partial charge in [-0.1, -0.05) is 5.16 Å². The summed E-state index contributed by atoms with van der Waals surface area (Å²) in [6.07, 6.45) is 2.38. The summed E-state index contributed by atoms with van der Waals surface area (Å²) >= 11 is 0. The Balaban J connectivity index is 2.27. The van der Waals surface area contributed by atoms with Crippen LogP contribution in [0.2, 0.25) is 0 Å². The van der Waals surface area contributed by atoms with Gasteiger partial charge in [0.25, 0.3) is 5.71 Å². The lowest BCUT2D eigenvalue weighted by Crippen LogP contribution is -1.93. The smallest absolute Gasteiger partial charge is 0.258 e. The topological polar surface area (TPSA) is 59.2 Å². The highest BCUT2D eigenvalue weighted by molar-refractivity contribution is 5.80. The van der Waals surface area contributed by atoms with E-state index in [0.29, 0.717) is 11.6 Å². The Morgan fingerprint density at radius 3 is 3.00 bits per heavy atom. The van der Waals surface area contributed by atoms with Gasteiger partial charge in [0.05, 0.1) is 17.7 Å². The Hall–Kier alpha value is -1.42. The van der Waals surface area contributed by atoms with Crippen LogP contribution < -0.4 is 0 Å². The van der Waals surface area contributed by atoms with E-state index >= 15 is 0 Å². The zero-order valence-corrected chi connectivity index (χ0v) is 8.53. The quantitative estimate of drug-likeness (QED) is 0.811. The third kappa shape index (κ3) is 1.33. The Bertz CT molecular complexity index is 515. The molecule has 1 aliphatic rings. The van der Waals surface area contributed by atoms with Crippen LogP contribution in [0.25, 0.3) is 11.1 Å². The number of aromatic nitrogens is 2. The fraction of sp³-hybridized carbons (Fsp3) is 0.455. The normalized spacial score (nSPS) is 16.1. The van der Waals surface area contributed by atoms with Crippen molar-refractivity contribution in [3.8, 4) is 0 Å². The van der Waals surface area contributed by atoms with Gasteiger partial charge < -0.3 is 9.63 Å². The maximum absolute atomic E-state index is 9.31. The van der Waals surface area contributed by atoms with E-state index in [1.807, 2.05) is 13.0 Å². The van der Waals surface area contributed by atoms with Gasteiger partial charge in [-0.25, -0.2) is 4.98 Å². The van der Waals surface area contributed by atoms with Gasteiger partial charge in [-0.2, -0.15) is 0 Å². The summed E-state index contributed by atoms with van der Waals surface area (Å²) in [6.45, 7) is 1.88. The predicted molar refractivity (Wildman–Crippen MR) is 54.4 cm³/mol. The van der Waals surface area contributed by atoms with Gasteiger partial charge in [0.2, 0.25) is 0 Å². The van der Waals surface area contributed by atoms with Gasteiger partial charge in [0, 0.05) is 11.6 Å². The molecule has 0 bridgehead atoms. The highest BCUT2D eigenvalue weighted by atomic mass is 16.5. The summed E-state index contributed by atoms with van der Waals surface area (Å²) in [4.78, 5) is 4.43. The second-order valence-electron chi connectivity index (χ2n) is 4.09. The monoisotopic (exact) mass is 204 g/mol. The van der Waals surface area contributed by atoms with Crippen molar-refractivity contribution in [1.82, 2.24) is 10.1 Å². The minimum absolute atomic E-state index is 0.0147. The van der Waals surface area contributed by atoms with Crippen LogP contribution in [0.15, 0.2) is 10.6 Å². The first kappa shape index (κ1) is 8.85. The van der Waals surface area contributed by atoms with Crippen LogP contribution in [0.1, 0.15) is 35.7 Å². The average Bonchev–Trinajstić information content (AvgIpc) is 3.03. The van der Waals surface area contributed by atoms with Crippen LogP contribution in [-0.4, -0.2) is 15.2 Å². The summed E-state index contributed by atoms with van der Waals surface area (Å²) in [7, 11) is 0. The third-order valence-electron chi connectivity index (χ3n) is 2.88. The molecule has 78 valence electrons.